The molecule has 6 nitrogen and oxygen atoms in total. The van der Waals surface area contributed by atoms with Gasteiger partial charge in [-0.15, -0.1) is 0 Å². The monoisotopic (exact) mass is 506 g/mol. The molecule has 0 bridgehead atoms. The van der Waals surface area contributed by atoms with E-state index in [2.05, 4.69) is 12.1 Å². The van der Waals surface area contributed by atoms with Crippen molar-refractivity contribution in [2.45, 2.75) is 37.1 Å². The Bertz CT molecular complexity index is 1550. The summed E-state index contributed by atoms with van der Waals surface area (Å²) in [7, 11) is 0. The van der Waals surface area contributed by atoms with Crippen molar-refractivity contribution in [3.05, 3.63) is 98.7 Å². The van der Waals surface area contributed by atoms with E-state index in [1.54, 1.807) is 27.3 Å². The minimum atomic E-state index is -1.21. The van der Waals surface area contributed by atoms with Crippen LogP contribution in [0.5, 0.6) is 0 Å². The van der Waals surface area contributed by atoms with Gasteiger partial charge in [0.05, 0.1) is 27.8 Å². The molecule has 36 heavy (non-hydrogen) atoms. The van der Waals surface area contributed by atoms with Crippen LogP contribution in [-0.4, -0.2) is 33.4 Å². The van der Waals surface area contributed by atoms with Crippen molar-refractivity contribution < 1.29 is 19.0 Å². The standard InChI is InChI=1S/C28H24ClFN2O4/c29-21-3-6-24-25(16-21)31(23-4-1-17(2-5-23)18-7-11-36-12-8-18)27(35)32(24)28(9-10-28)20-13-19(26(33)34)14-22(30)15-20/h1-6,13-16,18H,7-12H2,(H,33,34). The van der Waals surface area contributed by atoms with Gasteiger partial charge in [0, 0.05) is 18.2 Å². The topological polar surface area (TPSA) is 73.5 Å². The summed E-state index contributed by atoms with van der Waals surface area (Å²) in [6.45, 7) is 1.51. The van der Waals surface area contributed by atoms with Gasteiger partial charge in [0.1, 0.15) is 5.82 Å². The summed E-state index contributed by atoms with van der Waals surface area (Å²) in [5, 5.41) is 9.95. The predicted molar refractivity (Wildman–Crippen MR) is 135 cm³/mol. The van der Waals surface area contributed by atoms with E-state index in [1.807, 2.05) is 12.1 Å². The normalized spacial score (nSPS) is 17.4. The van der Waals surface area contributed by atoms with Crippen LogP contribution in [0.1, 0.15) is 53.1 Å². The van der Waals surface area contributed by atoms with Crippen LogP contribution in [0.2, 0.25) is 5.02 Å². The molecule has 1 aliphatic heterocycles. The Hall–Kier alpha value is -3.42. The van der Waals surface area contributed by atoms with Crippen molar-refractivity contribution in [3.8, 4) is 5.69 Å². The van der Waals surface area contributed by atoms with Crippen LogP contribution in [-0.2, 0) is 10.3 Å². The molecule has 1 aromatic heterocycles. The smallest absolute Gasteiger partial charge is 0.335 e. The number of benzene rings is 3. The van der Waals surface area contributed by atoms with Gasteiger partial charge >= 0.3 is 11.7 Å². The third kappa shape index (κ3) is 3.74. The third-order valence-electron chi connectivity index (χ3n) is 7.48. The van der Waals surface area contributed by atoms with Gasteiger partial charge in [0.15, 0.2) is 0 Å². The van der Waals surface area contributed by atoms with E-state index in [9.17, 15) is 19.1 Å². The molecule has 1 aliphatic carbocycles. The molecule has 1 N–H and O–H groups in total. The largest absolute Gasteiger partial charge is 0.478 e. The summed E-state index contributed by atoms with van der Waals surface area (Å²) < 4.78 is 23.2. The molecule has 0 radical (unpaired) electrons. The van der Waals surface area contributed by atoms with Gasteiger partial charge in [-0.3, -0.25) is 9.13 Å². The summed E-state index contributed by atoms with van der Waals surface area (Å²) in [5.74, 6) is -1.41. The van der Waals surface area contributed by atoms with Crippen molar-refractivity contribution in [2.75, 3.05) is 13.2 Å². The fourth-order valence-electron chi connectivity index (χ4n) is 5.50. The van der Waals surface area contributed by atoms with Crippen LogP contribution in [0.4, 0.5) is 4.39 Å². The molecule has 2 fully saturated rings. The lowest BCUT2D eigenvalue weighted by molar-refractivity contribution is 0.0696. The number of aromatic carboxylic acids is 1. The second kappa shape index (κ2) is 8.61. The maximum absolute atomic E-state index is 14.4. The van der Waals surface area contributed by atoms with Gasteiger partial charge in [0.2, 0.25) is 0 Å². The van der Waals surface area contributed by atoms with Gasteiger partial charge in [-0.1, -0.05) is 23.7 Å². The highest BCUT2D eigenvalue weighted by atomic mass is 35.5. The average molecular weight is 507 g/mol. The van der Waals surface area contributed by atoms with Crippen LogP contribution < -0.4 is 5.69 Å². The molecule has 0 spiro atoms. The lowest BCUT2D eigenvalue weighted by Crippen LogP contribution is -2.32. The molecule has 8 heteroatoms. The number of carboxylic acids is 1. The SMILES string of the molecule is O=C(O)c1cc(F)cc(C2(n3c(=O)n(-c4ccc(C5CCOCC5)cc4)c4cc(Cl)ccc43)CC2)c1. The molecule has 0 amide bonds. The van der Waals surface area contributed by atoms with Crippen LogP contribution in [0.3, 0.4) is 0 Å². The van der Waals surface area contributed by atoms with Crippen molar-refractivity contribution in [2.24, 2.45) is 0 Å². The summed E-state index contributed by atoms with van der Waals surface area (Å²) in [6, 6.07) is 17.1. The molecule has 0 unspecified atom stereocenters. The Morgan fingerprint density at radius 1 is 1.00 bits per heavy atom. The first-order chi connectivity index (χ1) is 17.4. The lowest BCUT2D eigenvalue weighted by atomic mass is 9.92. The highest BCUT2D eigenvalue weighted by Crippen LogP contribution is 2.50. The number of fused-ring (bicyclic) bond motifs is 1. The zero-order chi connectivity index (χ0) is 25.0. The molecule has 184 valence electrons. The van der Waals surface area contributed by atoms with Gasteiger partial charge in [-0.2, -0.15) is 0 Å². The lowest BCUT2D eigenvalue weighted by Gasteiger charge is -2.22. The molecular formula is C28H24ClFN2O4. The number of halogens is 2. The number of carboxylic acid groups (broad SMARTS) is 1. The number of carbonyl (C=O) groups is 1. The van der Waals surface area contributed by atoms with Gasteiger partial charge in [-0.25, -0.2) is 14.0 Å². The highest BCUT2D eigenvalue weighted by Gasteiger charge is 2.49. The summed E-state index contributed by atoms with van der Waals surface area (Å²) >= 11 is 6.34. The van der Waals surface area contributed by atoms with E-state index in [-0.39, 0.29) is 11.3 Å². The van der Waals surface area contributed by atoms with Crippen LogP contribution in [0, 0.1) is 5.82 Å². The van der Waals surface area contributed by atoms with E-state index in [1.165, 1.54) is 17.7 Å². The molecule has 2 aliphatic rings. The predicted octanol–water partition coefficient (Wildman–Crippen LogP) is 5.71. The van der Waals surface area contributed by atoms with Crippen molar-refractivity contribution in [3.63, 3.8) is 0 Å². The zero-order valence-corrected chi connectivity index (χ0v) is 20.2. The second-order valence-electron chi connectivity index (χ2n) is 9.63. The first-order valence-corrected chi connectivity index (χ1v) is 12.4. The molecule has 1 saturated carbocycles. The maximum atomic E-state index is 14.4. The quantitative estimate of drug-likeness (QED) is 0.376. The first kappa shape index (κ1) is 23.0. The van der Waals surface area contributed by atoms with Gasteiger partial charge < -0.3 is 9.84 Å². The number of ether oxygens (including phenoxy) is 1. The Morgan fingerprint density at radius 2 is 1.72 bits per heavy atom. The molecular weight excluding hydrogens is 483 g/mol. The second-order valence-corrected chi connectivity index (χ2v) is 10.1. The van der Waals surface area contributed by atoms with E-state index >= 15 is 0 Å². The molecule has 0 atom stereocenters. The Morgan fingerprint density at radius 3 is 2.39 bits per heavy atom. The number of rotatable bonds is 5. The first-order valence-electron chi connectivity index (χ1n) is 12.0. The zero-order valence-electron chi connectivity index (χ0n) is 19.4. The average Bonchev–Trinajstić information content (AvgIpc) is 3.62. The molecule has 6 rings (SSSR count). The van der Waals surface area contributed by atoms with Crippen molar-refractivity contribution in [1.29, 1.82) is 0 Å². The van der Waals surface area contributed by atoms with E-state index in [0.717, 1.165) is 32.1 Å². The van der Waals surface area contributed by atoms with Crippen LogP contribution in [0.15, 0.2) is 65.5 Å². The number of hydrogen-bond donors (Lipinski definition) is 1. The molecule has 3 aromatic carbocycles. The van der Waals surface area contributed by atoms with Crippen LogP contribution >= 0.6 is 11.6 Å². The summed E-state index contributed by atoms with van der Waals surface area (Å²) in [6.07, 6.45) is 3.14. The maximum Gasteiger partial charge on any atom is 0.335 e. The number of nitrogens with zero attached hydrogens (tertiary/aromatic N) is 2. The van der Waals surface area contributed by atoms with Gasteiger partial charge in [-0.05, 0) is 91.3 Å². The number of imidazole rings is 1. The van der Waals surface area contributed by atoms with Crippen molar-refractivity contribution in [1.82, 2.24) is 9.13 Å². The fourth-order valence-corrected chi connectivity index (χ4v) is 5.67. The Labute approximate surface area is 211 Å². The Balaban J connectivity index is 1.51. The van der Waals surface area contributed by atoms with Gasteiger partial charge in [0.25, 0.3) is 0 Å². The third-order valence-corrected chi connectivity index (χ3v) is 7.71. The minimum absolute atomic E-state index is 0.139. The fraction of sp³-hybridized carbons (Fsp3) is 0.286. The van der Waals surface area contributed by atoms with E-state index < -0.39 is 17.3 Å². The van der Waals surface area contributed by atoms with E-state index in [0.29, 0.717) is 46.1 Å². The highest BCUT2D eigenvalue weighted by molar-refractivity contribution is 6.31. The van der Waals surface area contributed by atoms with Crippen LogP contribution in [0.25, 0.3) is 16.7 Å². The van der Waals surface area contributed by atoms with Crippen molar-refractivity contribution >= 4 is 28.6 Å². The number of hydrogen-bond acceptors (Lipinski definition) is 3. The number of aromatic nitrogens is 2. The molecule has 4 aromatic rings. The minimum Gasteiger partial charge on any atom is -0.478 e. The Kier molecular flexibility index (Phi) is 5.50. The summed E-state index contributed by atoms with van der Waals surface area (Å²) in [5.41, 5.74) is 2.49. The summed E-state index contributed by atoms with van der Waals surface area (Å²) in [4.78, 5) is 25.6. The molecule has 2 heterocycles. The molecule has 1 saturated heterocycles. The van der Waals surface area contributed by atoms with E-state index in [4.69, 9.17) is 16.3 Å².